The van der Waals surface area contributed by atoms with Crippen molar-refractivity contribution in [2.75, 3.05) is 5.32 Å². The lowest BCUT2D eigenvalue weighted by molar-refractivity contribution is -0.137. The predicted octanol–water partition coefficient (Wildman–Crippen LogP) is 5.33. The summed E-state index contributed by atoms with van der Waals surface area (Å²) in [6.07, 6.45) is -0.944. The van der Waals surface area contributed by atoms with Gasteiger partial charge in [-0.3, -0.25) is 0 Å². The van der Waals surface area contributed by atoms with E-state index in [1.807, 2.05) is 26.8 Å². The normalized spacial score (nSPS) is 13.1. The van der Waals surface area contributed by atoms with Crippen molar-refractivity contribution in [1.29, 1.82) is 0 Å². The number of anilines is 1. The highest BCUT2D eigenvalue weighted by molar-refractivity contribution is 6.31. The molecule has 18 heavy (non-hydrogen) atoms. The second-order valence-corrected chi connectivity index (χ2v) is 5.44. The van der Waals surface area contributed by atoms with Crippen molar-refractivity contribution in [2.24, 2.45) is 5.41 Å². The van der Waals surface area contributed by atoms with Crippen molar-refractivity contribution in [3.63, 3.8) is 0 Å². The number of alkyl halides is 3. The number of halogens is 4. The van der Waals surface area contributed by atoms with Gasteiger partial charge in [0.25, 0.3) is 0 Å². The molecule has 0 saturated heterocycles. The molecule has 0 atom stereocenters. The molecule has 0 heterocycles. The summed E-state index contributed by atoms with van der Waals surface area (Å²) in [4.78, 5) is 0. The molecule has 0 aromatic heterocycles. The van der Waals surface area contributed by atoms with Crippen LogP contribution in [0.25, 0.3) is 0 Å². The molecular formula is C13H15ClF3N. The third kappa shape index (κ3) is 4.61. The second-order valence-electron chi connectivity index (χ2n) is 5.04. The summed E-state index contributed by atoms with van der Waals surface area (Å²) in [6.45, 7) is 5.98. The third-order valence-corrected chi connectivity index (χ3v) is 2.43. The van der Waals surface area contributed by atoms with E-state index < -0.39 is 11.7 Å². The molecule has 0 aliphatic carbocycles. The van der Waals surface area contributed by atoms with Crippen LogP contribution in [0.15, 0.2) is 30.5 Å². The molecule has 0 spiro atoms. The van der Waals surface area contributed by atoms with Crippen LogP contribution in [-0.2, 0) is 6.18 Å². The zero-order valence-electron chi connectivity index (χ0n) is 10.4. The highest BCUT2D eigenvalue weighted by Crippen LogP contribution is 2.36. The maximum absolute atomic E-state index is 12.6. The Bertz CT molecular complexity index is 445. The van der Waals surface area contributed by atoms with Crippen molar-refractivity contribution in [3.8, 4) is 0 Å². The van der Waals surface area contributed by atoms with E-state index >= 15 is 0 Å². The molecule has 0 fully saturated rings. The van der Waals surface area contributed by atoms with E-state index in [0.717, 1.165) is 6.07 Å². The number of hydrogen-bond donors (Lipinski definition) is 1. The predicted molar refractivity (Wildman–Crippen MR) is 68.7 cm³/mol. The Balaban J connectivity index is 2.90. The van der Waals surface area contributed by atoms with Gasteiger partial charge in [-0.1, -0.05) is 38.4 Å². The Morgan fingerprint density at radius 2 is 1.78 bits per heavy atom. The monoisotopic (exact) mass is 277 g/mol. The minimum absolute atomic E-state index is 0.0354. The molecule has 0 saturated carbocycles. The molecule has 0 aliphatic heterocycles. The van der Waals surface area contributed by atoms with E-state index in [0.29, 0.717) is 5.69 Å². The van der Waals surface area contributed by atoms with E-state index in [2.05, 4.69) is 5.32 Å². The minimum Gasteiger partial charge on any atom is -0.362 e. The summed E-state index contributed by atoms with van der Waals surface area (Å²) in [5, 5.41) is 2.50. The summed E-state index contributed by atoms with van der Waals surface area (Å²) in [5.74, 6) is 0. The fourth-order valence-corrected chi connectivity index (χ4v) is 1.44. The maximum Gasteiger partial charge on any atom is 0.417 e. The number of rotatable bonds is 2. The maximum atomic E-state index is 12.6. The van der Waals surface area contributed by atoms with E-state index in [9.17, 15) is 13.2 Å². The summed E-state index contributed by atoms with van der Waals surface area (Å²) < 4.78 is 37.8. The number of benzene rings is 1. The van der Waals surface area contributed by atoms with Crippen LogP contribution in [0.2, 0.25) is 5.02 Å². The topological polar surface area (TPSA) is 12.0 Å². The van der Waals surface area contributed by atoms with Gasteiger partial charge in [0, 0.05) is 5.69 Å². The first-order valence-corrected chi connectivity index (χ1v) is 5.78. The van der Waals surface area contributed by atoms with Gasteiger partial charge >= 0.3 is 6.18 Å². The Hall–Kier alpha value is -1.16. The molecule has 1 N–H and O–H groups in total. The summed E-state index contributed by atoms with van der Waals surface area (Å²) in [5.41, 5.74) is -0.516. The quantitative estimate of drug-likeness (QED) is 0.770. The van der Waals surface area contributed by atoms with Crippen LogP contribution in [0.5, 0.6) is 0 Å². The second kappa shape index (κ2) is 5.22. The van der Waals surface area contributed by atoms with Crippen molar-refractivity contribution in [1.82, 2.24) is 0 Å². The van der Waals surface area contributed by atoms with E-state index in [4.69, 9.17) is 11.6 Å². The van der Waals surface area contributed by atoms with Gasteiger partial charge in [-0.15, -0.1) is 0 Å². The Morgan fingerprint density at radius 1 is 1.17 bits per heavy atom. The third-order valence-electron chi connectivity index (χ3n) is 2.11. The smallest absolute Gasteiger partial charge is 0.362 e. The van der Waals surface area contributed by atoms with Gasteiger partial charge in [0.05, 0.1) is 10.6 Å². The summed E-state index contributed by atoms with van der Waals surface area (Å²) in [6, 6.07) is 3.73. The molecule has 1 aromatic rings. The van der Waals surface area contributed by atoms with Gasteiger partial charge in [0.1, 0.15) is 0 Å². The molecule has 0 unspecified atom stereocenters. The van der Waals surface area contributed by atoms with Gasteiger partial charge in [0.15, 0.2) is 0 Å². The number of nitrogens with one attached hydrogen (secondary N) is 1. The lowest BCUT2D eigenvalue weighted by atomic mass is 9.97. The lowest BCUT2D eigenvalue weighted by Gasteiger charge is -2.13. The van der Waals surface area contributed by atoms with Crippen molar-refractivity contribution in [2.45, 2.75) is 26.9 Å². The van der Waals surface area contributed by atoms with Crippen LogP contribution in [0.4, 0.5) is 18.9 Å². The Kier molecular flexibility index (Phi) is 4.32. The highest BCUT2D eigenvalue weighted by atomic mass is 35.5. The molecule has 1 aromatic carbocycles. The summed E-state index contributed by atoms with van der Waals surface area (Å²) >= 11 is 5.52. The van der Waals surface area contributed by atoms with Crippen LogP contribution in [0.3, 0.4) is 0 Å². The zero-order chi connectivity index (χ0) is 14.0. The highest BCUT2D eigenvalue weighted by Gasteiger charge is 2.33. The molecule has 1 nitrogen and oxygen atoms in total. The first-order valence-electron chi connectivity index (χ1n) is 5.40. The van der Waals surface area contributed by atoms with Crippen LogP contribution >= 0.6 is 11.6 Å². The van der Waals surface area contributed by atoms with Gasteiger partial charge < -0.3 is 5.32 Å². The Labute approximate surface area is 110 Å². The standard InChI is InChI=1S/C13H15ClF3N/c1-12(2,3)6-7-18-9-4-5-11(14)10(8-9)13(15,16)17/h4-8,18H,1-3H3. The van der Waals surface area contributed by atoms with Crippen LogP contribution < -0.4 is 5.32 Å². The fourth-order valence-electron chi connectivity index (χ4n) is 1.22. The van der Waals surface area contributed by atoms with E-state index in [1.165, 1.54) is 12.1 Å². The molecular weight excluding hydrogens is 263 g/mol. The fraction of sp³-hybridized carbons (Fsp3) is 0.385. The van der Waals surface area contributed by atoms with E-state index in [-0.39, 0.29) is 10.4 Å². The average Bonchev–Trinajstić information content (AvgIpc) is 2.17. The molecule has 1 rings (SSSR count). The number of hydrogen-bond acceptors (Lipinski definition) is 1. The van der Waals surface area contributed by atoms with Crippen LogP contribution in [0.1, 0.15) is 26.3 Å². The first kappa shape index (κ1) is 14.9. The first-order chi connectivity index (χ1) is 8.09. The molecule has 0 aliphatic rings. The molecule has 0 bridgehead atoms. The van der Waals surface area contributed by atoms with Crippen LogP contribution in [-0.4, -0.2) is 0 Å². The van der Waals surface area contributed by atoms with E-state index in [1.54, 1.807) is 6.20 Å². The van der Waals surface area contributed by atoms with Crippen molar-refractivity contribution < 1.29 is 13.2 Å². The van der Waals surface area contributed by atoms with Gasteiger partial charge in [0.2, 0.25) is 0 Å². The van der Waals surface area contributed by atoms with Gasteiger partial charge in [-0.05, 0) is 29.8 Å². The molecule has 100 valence electrons. The molecule has 5 heteroatoms. The van der Waals surface area contributed by atoms with Gasteiger partial charge in [-0.25, -0.2) is 0 Å². The lowest BCUT2D eigenvalue weighted by Crippen LogP contribution is -2.06. The Morgan fingerprint density at radius 3 is 2.28 bits per heavy atom. The SMILES string of the molecule is CC(C)(C)C=CNc1ccc(Cl)c(C(F)(F)F)c1. The average molecular weight is 278 g/mol. The minimum atomic E-state index is -4.44. The van der Waals surface area contributed by atoms with Gasteiger partial charge in [-0.2, -0.15) is 13.2 Å². The van der Waals surface area contributed by atoms with Crippen LogP contribution in [0, 0.1) is 5.41 Å². The largest absolute Gasteiger partial charge is 0.417 e. The molecule has 0 radical (unpaired) electrons. The van der Waals surface area contributed by atoms with Crippen molar-refractivity contribution >= 4 is 17.3 Å². The molecule has 0 amide bonds. The number of allylic oxidation sites excluding steroid dienone is 1. The zero-order valence-corrected chi connectivity index (χ0v) is 11.2. The van der Waals surface area contributed by atoms with Crippen molar-refractivity contribution in [3.05, 3.63) is 41.1 Å². The summed E-state index contributed by atoms with van der Waals surface area (Å²) in [7, 11) is 0.